The number of anilines is 1. The van der Waals surface area contributed by atoms with Crippen LogP contribution < -0.4 is 5.73 Å². The van der Waals surface area contributed by atoms with Gasteiger partial charge in [0.25, 0.3) is 0 Å². The highest BCUT2D eigenvalue weighted by Gasteiger charge is 2.56. The summed E-state index contributed by atoms with van der Waals surface area (Å²) in [6.07, 6.45) is 5.52. The minimum absolute atomic E-state index is 0.0212. The van der Waals surface area contributed by atoms with Crippen molar-refractivity contribution in [2.45, 2.75) is 57.1 Å². The van der Waals surface area contributed by atoms with Gasteiger partial charge in [-0.05, 0) is 92.6 Å². The number of aromatic nitrogens is 3. The molecule has 158 valence electrons. The maximum absolute atomic E-state index is 6.44. The minimum Gasteiger partial charge on any atom is -0.383 e. The summed E-state index contributed by atoms with van der Waals surface area (Å²) in [5, 5.41) is 0.957. The number of nitrogen functional groups attached to an aromatic ring is 1. The van der Waals surface area contributed by atoms with E-state index in [-0.39, 0.29) is 23.5 Å². The van der Waals surface area contributed by atoms with Gasteiger partial charge in [0.05, 0.1) is 17.5 Å². The van der Waals surface area contributed by atoms with Gasteiger partial charge in [-0.25, -0.2) is 4.98 Å². The van der Waals surface area contributed by atoms with Gasteiger partial charge in [0.2, 0.25) is 5.28 Å². The van der Waals surface area contributed by atoms with Crippen molar-refractivity contribution in [2.75, 3.05) is 25.9 Å². The van der Waals surface area contributed by atoms with Crippen LogP contribution in [0, 0.1) is 11.8 Å². The first-order valence-corrected chi connectivity index (χ1v) is 11.4. The fraction of sp³-hybridized carbons (Fsp3) is 0.700. The van der Waals surface area contributed by atoms with Crippen molar-refractivity contribution in [3.05, 3.63) is 16.0 Å². The van der Waals surface area contributed by atoms with E-state index in [4.69, 9.17) is 26.8 Å². The Morgan fingerprint density at radius 3 is 2.62 bits per heavy atom. The van der Waals surface area contributed by atoms with Gasteiger partial charge in [0.15, 0.2) is 5.79 Å². The molecule has 2 aromatic rings. The van der Waals surface area contributed by atoms with Crippen LogP contribution in [-0.2, 0) is 9.47 Å². The third kappa shape index (κ3) is 3.37. The number of rotatable bonds is 2. The van der Waals surface area contributed by atoms with Gasteiger partial charge in [-0.15, -0.1) is 0 Å². The molecule has 29 heavy (non-hydrogen) atoms. The average Bonchev–Trinajstić information content (AvgIpc) is 3.24. The highest BCUT2D eigenvalue weighted by Crippen LogP contribution is 2.52. The van der Waals surface area contributed by atoms with Crippen LogP contribution in [0.2, 0.25) is 5.28 Å². The van der Waals surface area contributed by atoms with Crippen molar-refractivity contribution >= 4 is 44.4 Å². The van der Waals surface area contributed by atoms with Crippen LogP contribution in [0.15, 0.2) is 10.7 Å². The van der Waals surface area contributed by atoms with Gasteiger partial charge < -0.3 is 24.7 Å². The number of nitrogens with two attached hydrogens (primary N) is 1. The molecule has 2 N–H and O–H groups in total. The van der Waals surface area contributed by atoms with E-state index in [2.05, 4.69) is 42.4 Å². The largest absolute Gasteiger partial charge is 0.383 e. The maximum atomic E-state index is 6.44. The quantitative estimate of drug-likeness (QED) is 0.652. The zero-order valence-corrected chi connectivity index (χ0v) is 19.3. The molecule has 2 saturated heterocycles. The summed E-state index contributed by atoms with van der Waals surface area (Å²) >= 11 is 9.77. The number of ether oxygens (including phenoxy) is 2. The van der Waals surface area contributed by atoms with Crippen LogP contribution >= 0.6 is 27.5 Å². The molecule has 0 amide bonds. The summed E-state index contributed by atoms with van der Waals surface area (Å²) in [7, 11) is 2.20. The van der Waals surface area contributed by atoms with Crippen LogP contribution in [0.5, 0.6) is 0 Å². The third-order valence-electron chi connectivity index (χ3n) is 6.83. The Bertz CT molecular complexity index is 943. The molecule has 9 heteroatoms. The fourth-order valence-electron chi connectivity index (χ4n) is 5.54. The van der Waals surface area contributed by atoms with Gasteiger partial charge >= 0.3 is 0 Å². The van der Waals surface area contributed by atoms with Crippen molar-refractivity contribution in [3.63, 3.8) is 0 Å². The number of nitrogens with zero attached hydrogens (tertiary/aromatic N) is 4. The molecule has 1 saturated carbocycles. The smallest absolute Gasteiger partial charge is 0.226 e. The predicted molar refractivity (Wildman–Crippen MR) is 116 cm³/mol. The first kappa shape index (κ1) is 20.0. The van der Waals surface area contributed by atoms with Crippen molar-refractivity contribution in [2.24, 2.45) is 11.8 Å². The number of hydrogen-bond acceptors (Lipinski definition) is 6. The summed E-state index contributed by atoms with van der Waals surface area (Å²) in [5.74, 6) is 0.917. The Hall–Kier alpha value is -0.930. The highest BCUT2D eigenvalue weighted by molar-refractivity contribution is 9.10. The Labute approximate surface area is 184 Å². The number of piperidine rings is 1. The summed E-state index contributed by atoms with van der Waals surface area (Å²) in [6, 6.07) is 0.116. The lowest BCUT2D eigenvalue weighted by molar-refractivity contribution is -0.163. The average molecular weight is 485 g/mol. The van der Waals surface area contributed by atoms with E-state index in [9.17, 15) is 0 Å². The van der Waals surface area contributed by atoms with Crippen molar-refractivity contribution in [3.8, 4) is 0 Å². The standard InChI is InChI=1S/C20H27BrClN5O2/c1-20(2)28-15-11(10-4-6-26(3)7-5-10)8-13(16(15)29-20)27-9-12(21)14-17(23)24-19(22)25-18(14)27/h9-11,13,15-16H,4-8H2,1-3H3,(H2,23,24,25)/t11-,13-,15-,16+/m1/s1. The Kier molecular flexibility index (Phi) is 4.86. The molecule has 1 aliphatic carbocycles. The molecule has 0 bridgehead atoms. The topological polar surface area (TPSA) is 78.4 Å². The van der Waals surface area contributed by atoms with Crippen LogP contribution in [-0.4, -0.2) is 57.6 Å². The van der Waals surface area contributed by atoms with Crippen LogP contribution in [0.1, 0.15) is 39.2 Å². The molecule has 0 spiro atoms. The fourth-order valence-corrected chi connectivity index (χ4v) is 6.31. The van der Waals surface area contributed by atoms with E-state index < -0.39 is 5.79 Å². The van der Waals surface area contributed by atoms with Gasteiger partial charge in [-0.2, -0.15) is 4.98 Å². The zero-order chi connectivity index (χ0) is 20.5. The molecule has 7 nitrogen and oxygen atoms in total. The van der Waals surface area contributed by atoms with Gasteiger partial charge in [-0.3, -0.25) is 0 Å². The number of halogens is 2. The summed E-state index contributed by atoms with van der Waals surface area (Å²) in [5.41, 5.74) is 6.88. The molecule has 0 unspecified atom stereocenters. The molecular formula is C20H27BrClN5O2. The molecule has 4 atom stereocenters. The first-order chi connectivity index (χ1) is 13.7. The van der Waals surface area contributed by atoms with Crippen molar-refractivity contribution in [1.82, 2.24) is 19.4 Å². The van der Waals surface area contributed by atoms with E-state index in [1.54, 1.807) is 0 Å². The Morgan fingerprint density at radius 1 is 1.21 bits per heavy atom. The number of likely N-dealkylation sites (tertiary alicyclic amines) is 1. The first-order valence-electron chi connectivity index (χ1n) is 10.3. The molecule has 0 radical (unpaired) electrons. The Balaban J connectivity index is 1.54. The maximum Gasteiger partial charge on any atom is 0.226 e. The Morgan fingerprint density at radius 2 is 1.90 bits per heavy atom. The monoisotopic (exact) mass is 483 g/mol. The summed E-state index contributed by atoms with van der Waals surface area (Å²) < 4.78 is 15.9. The van der Waals surface area contributed by atoms with E-state index in [1.165, 1.54) is 12.8 Å². The molecule has 5 rings (SSSR count). The molecule has 2 aromatic heterocycles. The molecule has 4 heterocycles. The molecule has 0 aromatic carbocycles. The van der Waals surface area contributed by atoms with Crippen molar-refractivity contribution < 1.29 is 9.47 Å². The second-order valence-electron chi connectivity index (χ2n) is 9.13. The van der Waals surface area contributed by atoms with E-state index in [1.807, 2.05) is 20.0 Å². The predicted octanol–water partition coefficient (Wildman–Crippen LogP) is 3.85. The number of hydrogen-bond donors (Lipinski definition) is 1. The van der Waals surface area contributed by atoms with Crippen LogP contribution in [0.25, 0.3) is 11.0 Å². The van der Waals surface area contributed by atoms with Crippen molar-refractivity contribution in [1.29, 1.82) is 0 Å². The third-order valence-corrected chi connectivity index (χ3v) is 7.60. The summed E-state index contributed by atoms with van der Waals surface area (Å²) in [4.78, 5) is 11.0. The minimum atomic E-state index is -0.580. The van der Waals surface area contributed by atoms with Gasteiger partial charge in [0.1, 0.15) is 17.6 Å². The van der Waals surface area contributed by atoms with Crippen LogP contribution in [0.3, 0.4) is 0 Å². The van der Waals surface area contributed by atoms with E-state index >= 15 is 0 Å². The second kappa shape index (κ2) is 7.05. The van der Waals surface area contributed by atoms with Gasteiger partial charge in [-0.1, -0.05) is 0 Å². The normalized spacial score (nSPS) is 32.9. The second-order valence-corrected chi connectivity index (χ2v) is 10.3. The lowest BCUT2D eigenvalue weighted by atomic mass is 9.82. The molecule has 3 aliphatic rings. The molecule has 3 fully saturated rings. The lowest BCUT2D eigenvalue weighted by Crippen LogP contribution is -2.37. The zero-order valence-electron chi connectivity index (χ0n) is 16.9. The molecule has 2 aliphatic heterocycles. The summed E-state index contributed by atoms with van der Waals surface area (Å²) in [6.45, 7) is 6.30. The SMILES string of the molecule is CN1CCC([C@H]2C[C@@H](n3cc(Br)c4c(N)nc(Cl)nc43)[C@@H]3OC(C)(C)O[C@@H]32)CC1. The van der Waals surface area contributed by atoms with Crippen LogP contribution in [0.4, 0.5) is 5.82 Å². The van der Waals surface area contributed by atoms with E-state index in [0.717, 1.165) is 35.0 Å². The lowest BCUT2D eigenvalue weighted by Gasteiger charge is -2.35. The number of fused-ring (bicyclic) bond motifs is 2. The van der Waals surface area contributed by atoms with Gasteiger partial charge in [0, 0.05) is 10.7 Å². The highest BCUT2D eigenvalue weighted by atomic mass is 79.9. The molecular weight excluding hydrogens is 458 g/mol. The van der Waals surface area contributed by atoms with E-state index in [0.29, 0.717) is 17.7 Å².